The van der Waals surface area contributed by atoms with Crippen LogP contribution in [0.1, 0.15) is 38.5 Å². The molecule has 0 radical (unpaired) electrons. The third-order valence-electron chi connectivity index (χ3n) is 4.94. The summed E-state index contributed by atoms with van der Waals surface area (Å²) in [6, 6.07) is 7.48. The van der Waals surface area contributed by atoms with Gasteiger partial charge < -0.3 is 20.3 Å². The van der Waals surface area contributed by atoms with Crippen molar-refractivity contribution in [3.8, 4) is 5.75 Å². The van der Waals surface area contributed by atoms with Crippen molar-refractivity contribution in [2.45, 2.75) is 44.6 Å². The van der Waals surface area contributed by atoms with Crippen LogP contribution in [0.5, 0.6) is 5.75 Å². The number of hydrogen-bond acceptors (Lipinski definition) is 3. The molecule has 1 aliphatic carbocycles. The predicted molar refractivity (Wildman–Crippen MR) is 101 cm³/mol. The minimum Gasteiger partial charge on any atom is -0.490 e. The number of nitrogens with zero attached hydrogens (tertiary/aromatic N) is 1. The third-order valence-corrected chi connectivity index (χ3v) is 4.94. The first-order valence-corrected chi connectivity index (χ1v) is 9.37. The van der Waals surface area contributed by atoms with Crippen molar-refractivity contribution in [3.63, 3.8) is 0 Å². The summed E-state index contributed by atoms with van der Waals surface area (Å²) in [5.74, 6) is 0.868. The van der Waals surface area contributed by atoms with E-state index in [4.69, 9.17) is 4.74 Å². The summed E-state index contributed by atoms with van der Waals surface area (Å²) < 4.78 is 6.03. The van der Waals surface area contributed by atoms with Crippen LogP contribution >= 0.6 is 0 Å². The minimum absolute atomic E-state index is 0.157. The highest BCUT2D eigenvalue weighted by molar-refractivity contribution is 5.89. The molecule has 0 spiro atoms. The van der Waals surface area contributed by atoms with Gasteiger partial charge >= 0.3 is 6.03 Å². The first kappa shape index (κ1) is 17.8. The Labute approximate surface area is 150 Å². The fourth-order valence-corrected chi connectivity index (χ4v) is 3.35. The zero-order valence-corrected chi connectivity index (χ0v) is 15.1. The monoisotopic (exact) mass is 343 g/mol. The SMILES string of the molecule is CN1CCC(Oc2ccc(NC(=O)NCC3=CCCCC3)cc2)CC1. The van der Waals surface area contributed by atoms with Crippen LogP contribution in [0.25, 0.3) is 0 Å². The summed E-state index contributed by atoms with van der Waals surface area (Å²) in [7, 11) is 2.15. The lowest BCUT2D eigenvalue weighted by molar-refractivity contribution is 0.114. The van der Waals surface area contributed by atoms with Crippen molar-refractivity contribution in [1.82, 2.24) is 10.2 Å². The Morgan fingerprint density at radius 1 is 1.20 bits per heavy atom. The molecular formula is C20H29N3O2. The quantitative estimate of drug-likeness (QED) is 0.800. The van der Waals surface area contributed by atoms with Gasteiger partial charge in [-0.05, 0) is 69.8 Å². The van der Waals surface area contributed by atoms with E-state index in [1.54, 1.807) is 0 Å². The van der Waals surface area contributed by atoms with E-state index in [0.29, 0.717) is 12.6 Å². The molecule has 5 nitrogen and oxygen atoms in total. The standard InChI is InChI=1S/C20H29N3O2/c1-23-13-11-19(12-14-23)25-18-9-7-17(8-10-18)22-20(24)21-15-16-5-3-2-4-6-16/h5,7-10,19H,2-4,6,11-15H2,1H3,(H2,21,22,24). The molecule has 0 bridgehead atoms. The highest BCUT2D eigenvalue weighted by Gasteiger charge is 2.17. The van der Waals surface area contributed by atoms with Crippen LogP contribution in [0, 0.1) is 0 Å². The third kappa shape index (κ3) is 5.78. The van der Waals surface area contributed by atoms with E-state index in [1.165, 1.54) is 18.4 Å². The lowest BCUT2D eigenvalue weighted by atomic mass is 10.00. The molecule has 2 aliphatic rings. The lowest BCUT2D eigenvalue weighted by Gasteiger charge is -2.29. The number of urea groups is 1. The second-order valence-corrected chi connectivity index (χ2v) is 7.06. The van der Waals surface area contributed by atoms with Gasteiger partial charge in [0.15, 0.2) is 0 Å². The van der Waals surface area contributed by atoms with Crippen LogP contribution in [0.3, 0.4) is 0 Å². The normalized spacial score (nSPS) is 19.2. The molecule has 3 rings (SSSR count). The van der Waals surface area contributed by atoms with Gasteiger partial charge in [0.05, 0.1) is 0 Å². The van der Waals surface area contributed by atoms with Crippen molar-refractivity contribution in [2.75, 3.05) is 32.0 Å². The molecule has 0 saturated carbocycles. The fourth-order valence-electron chi connectivity index (χ4n) is 3.35. The molecule has 0 atom stereocenters. The molecule has 1 heterocycles. The van der Waals surface area contributed by atoms with Crippen molar-refractivity contribution in [1.29, 1.82) is 0 Å². The summed E-state index contributed by atoms with van der Waals surface area (Å²) in [5.41, 5.74) is 2.12. The number of likely N-dealkylation sites (tertiary alicyclic amines) is 1. The van der Waals surface area contributed by atoms with Gasteiger partial charge in [-0.3, -0.25) is 0 Å². The van der Waals surface area contributed by atoms with Gasteiger partial charge in [0.25, 0.3) is 0 Å². The zero-order chi connectivity index (χ0) is 17.5. The van der Waals surface area contributed by atoms with Crippen molar-refractivity contribution in [2.24, 2.45) is 0 Å². The number of hydrogen-bond donors (Lipinski definition) is 2. The molecule has 5 heteroatoms. The Balaban J connectivity index is 1.42. The Morgan fingerprint density at radius 3 is 2.64 bits per heavy atom. The zero-order valence-electron chi connectivity index (χ0n) is 15.1. The number of amides is 2. The number of benzene rings is 1. The van der Waals surface area contributed by atoms with Gasteiger partial charge in [-0.15, -0.1) is 0 Å². The molecule has 25 heavy (non-hydrogen) atoms. The van der Waals surface area contributed by atoms with E-state index in [2.05, 4.69) is 28.7 Å². The first-order valence-electron chi connectivity index (χ1n) is 9.37. The average molecular weight is 343 g/mol. The number of nitrogens with one attached hydrogen (secondary N) is 2. The maximum atomic E-state index is 12.0. The molecule has 1 aliphatic heterocycles. The molecule has 1 aromatic carbocycles. The molecular weight excluding hydrogens is 314 g/mol. The lowest BCUT2D eigenvalue weighted by Crippen LogP contribution is -2.35. The van der Waals surface area contributed by atoms with Crippen LogP contribution in [0.2, 0.25) is 0 Å². The second-order valence-electron chi connectivity index (χ2n) is 7.06. The highest BCUT2D eigenvalue weighted by atomic mass is 16.5. The smallest absolute Gasteiger partial charge is 0.319 e. The van der Waals surface area contributed by atoms with E-state index in [0.717, 1.165) is 50.2 Å². The molecule has 136 valence electrons. The fraction of sp³-hybridized carbons (Fsp3) is 0.550. The van der Waals surface area contributed by atoms with Crippen LogP contribution in [0.4, 0.5) is 10.5 Å². The van der Waals surface area contributed by atoms with Crippen LogP contribution in [0.15, 0.2) is 35.9 Å². The van der Waals surface area contributed by atoms with Gasteiger partial charge in [-0.2, -0.15) is 0 Å². The van der Waals surface area contributed by atoms with Crippen molar-refractivity contribution >= 4 is 11.7 Å². The largest absolute Gasteiger partial charge is 0.490 e. The molecule has 2 N–H and O–H groups in total. The molecule has 0 unspecified atom stereocenters. The number of anilines is 1. The Bertz CT molecular complexity index is 589. The average Bonchev–Trinajstić information content (AvgIpc) is 2.64. The number of carbonyl (C=O) groups is 1. The molecule has 2 amide bonds. The van der Waals surface area contributed by atoms with E-state index >= 15 is 0 Å². The minimum atomic E-state index is -0.157. The van der Waals surface area contributed by atoms with Gasteiger partial charge in [0, 0.05) is 25.3 Å². The summed E-state index contributed by atoms with van der Waals surface area (Å²) in [6.07, 6.45) is 9.40. The van der Waals surface area contributed by atoms with E-state index in [-0.39, 0.29) is 6.03 Å². The van der Waals surface area contributed by atoms with Crippen molar-refractivity contribution in [3.05, 3.63) is 35.9 Å². The molecule has 1 aromatic rings. The first-order chi connectivity index (χ1) is 12.2. The van der Waals surface area contributed by atoms with Crippen LogP contribution in [-0.4, -0.2) is 43.7 Å². The Hall–Kier alpha value is -2.01. The van der Waals surface area contributed by atoms with Crippen LogP contribution in [-0.2, 0) is 0 Å². The Morgan fingerprint density at radius 2 is 1.96 bits per heavy atom. The number of piperidine rings is 1. The number of rotatable bonds is 5. The molecule has 1 fully saturated rings. The maximum absolute atomic E-state index is 12.0. The number of ether oxygens (including phenoxy) is 1. The van der Waals surface area contributed by atoms with Gasteiger partial charge in [-0.25, -0.2) is 4.79 Å². The Kier molecular flexibility index (Phi) is 6.34. The number of allylic oxidation sites excluding steroid dienone is 1. The van der Waals surface area contributed by atoms with E-state index in [1.807, 2.05) is 24.3 Å². The topological polar surface area (TPSA) is 53.6 Å². The van der Waals surface area contributed by atoms with E-state index < -0.39 is 0 Å². The van der Waals surface area contributed by atoms with Crippen LogP contribution < -0.4 is 15.4 Å². The molecule has 0 aromatic heterocycles. The summed E-state index contributed by atoms with van der Waals surface area (Å²) >= 11 is 0. The highest BCUT2D eigenvalue weighted by Crippen LogP contribution is 2.21. The van der Waals surface area contributed by atoms with Gasteiger partial charge in [0.2, 0.25) is 0 Å². The summed E-state index contributed by atoms with van der Waals surface area (Å²) in [4.78, 5) is 14.3. The maximum Gasteiger partial charge on any atom is 0.319 e. The summed E-state index contributed by atoms with van der Waals surface area (Å²) in [6.45, 7) is 2.81. The van der Waals surface area contributed by atoms with Gasteiger partial charge in [-0.1, -0.05) is 11.6 Å². The predicted octanol–water partition coefficient (Wildman–Crippen LogP) is 3.78. The van der Waals surface area contributed by atoms with Crippen molar-refractivity contribution < 1.29 is 9.53 Å². The summed E-state index contributed by atoms with van der Waals surface area (Å²) in [5, 5.41) is 5.81. The number of carbonyl (C=O) groups excluding carboxylic acids is 1. The van der Waals surface area contributed by atoms with Gasteiger partial charge in [0.1, 0.15) is 11.9 Å². The second kappa shape index (κ2) is 8.90. The molecule has 1 saturated heterocycles. The van der Waals surface area contributed by atoms with E-state index in [9.17, 15) is 4.79 Å².